The molecule has 1 unspecified atom stereocenters. The topological polar surface area (TPSA) is 78.9 Å². The molecular formula is C64H116O6. The van der Waals surface area contributed by atoms with E-state index in [-0.39, 0.29) is 31.1 Å². The first kappa shape index (κ1) is 67.4. The molecule has 6 heteroatoms. The van der Waals surface area contributed by atoms with Gasteiger partial charge in [0, 0.05) is 19.3 Å². The summed E-state index contributed by atoms with van der Waals surface area (Å²) in [5, 5.41) is 0. The zero-order chi connectivity index (χ0) is 50.7. The Bertz CT molecular complexity index is 1220. The third-order valence-corrected chi connectivity index (χ3v) is 13.6. The van der Waals surface area contributed by atoms with Crippen LogP contribution in [0.5, 0.6) is 0 Å². The van der Waals surface area contributed by atoms with Crippen molar-refractivity contribution in [1.82, 2.24) is 0 Å². The van der Waals surface area contributed by atoms with Crippen LogP contribution < -0.4 is 0 Å². The lowest BCUT2D eigenvalue weighted by Crippen LogP contribution is -2.30. The highest BCUT2D eigenvalue weighted by Gasteiger charge is 2.19. The van der Waals surface area contributed by atoms with Crippen molar-refractivity contribution in [2.45, 2.75) is 329 Å². The number of hydrogen-bond acceptors (Lipinski definition) is 6. The van der Waals surface area contributed by atoms with Gasteiger partial charge in [-0.1, -0.05) is 268 Å². The van der Waals surface area contributed by atoms with Crippen molar-refractivity contribution in [3.05, 3.63) is 48.6 Å². The zero-order valence-corrected chi connectivity index (χ0v) is 46.8. The molecule has 0 amide bonds. The molecule has 0 aromatic heterocycles. The van der Waals surface area contributed by atoms with E-state index in [1.807, 2.05) is 0 Å². The molecule has 70 heavy (non-hydrogen) atoms. The molecule has 0 aliphatic carbocycles. The third kappa shape index (κ3) is 56.3. The van der Waals surface area contributed by atoms with Crippen molar-refractivity contribution in [3.63, 3.8) is 0 Å². The first-order chi connectivity index (χ1) is 34.5. The standard InChI is InChI=1S/C64H116O6/c1-4-7-10-13-16-19-22-25-28-29-30-31-32-33-34-35-37-39-42-45-48-51-54-57-63(66)69-60-61(59-68-62(65)56-53-50-47-44-41-38-27-24-21-18-15-12-9-6-3)70-64(67)58-55-52-49-46-43-40-36-26-23-20-17-14-11-8-5-2/h22,24-25,27,29-30,32-33,61H,4-21,23,26,28,31,34-60H2,1-3H3/b25-22-,27-24-,30-29-,33-32-. The number of allylic oxidation sites excluding steroid dienone is 8. The van der Waals surface area contributed by atoms with Crippen LogP contribution in [0.25, 0.3) is 0 Å². The predicted molar refractivity (Wildman–Crippen MR) is 302 cm³/mol. The second-order valence-electron chi connectivity index (χ2n) is 20.6. The predicted octanol–water partition coefficient (Wildman–Crippen LogP) is 20.6. The Balaban J connectivity index is 4.32. The lowest BCUT2D eigenvalue weighted by molar-refractivity contribution is -0.167. The summed E-state index contributed by atoms with van der Waals surface area (Å²) in [6, 6.07) is 0. The van der Waals surface area contributed by atoms with Crippen LogP contribution in [0.15, 0.2) is 48.6 Å². The fourth-order valence-corrected chi connectivity index (χ4v) is 8.92. The van der Waals surface area contributed by atoms with Crippen molar-refractivity contribution in [2.75, 3.05) is 13.2 Å². The molecule has 0 aromatic carbocycles. The summed E-state index contributed by atoms with van der Waals surface area (Å²) in [4.78, 5) is 38.2. The number of carbonyl (C=O) groups excluding carboxylic acids is 3. The minimum Gasteiger partial charge on any atom is -0.462 e. The van der Waals surface area contributed by atoms with Crippen molar-refractivity contribution in [2.24, 2.45) is 0 Å². The molecule has 408 valence electrons. The number of rotatable bonds is 56. The van der Waals surface area contributed by atoms with Gasteiger partial charge in [-0.05, 0) is 83.5 Å². The van der Waals surface area contributed by atoms with E-state index in [2.05, 4.69) is 69.4 Å². The lowest BCUT2D eigenvalue weighted by Gasteiger charge is -2.18. The highest BCUT2D eigenvalue weighted by molar-refractivity contribution is 5.71. The van der Waals surface area contributed by atoms with Gasteiger partial charge in [0.25, 0.3) is 0 Å². The maximum atomic E-state index is 12.9. The molecule has 0 spiro atoms. The van der Waals surface area contributed by atoms with Gasteiger partial charge in [0.15, 0.2) is 6.10 Å². The number of carbonyl (C=O) groups is 3. The Morgan fingerprint density at radius 1 is 0.286 bits per heavy atom. The van der Waals surface area contributed by atoms with Crippen molar-refractivity contribution < 1.29 is 28.6 Å². The zero-order valence-electron chi connectivity index (χ0n) is 46.8. The van der Waals surface area contributed by atoms with Gasteiger partial charge in [-0.3, -0.25) is 14.4 Å². The van der Waals surface area contributed by atoms with Gasteiger partial charge >= 0.3 is 17.9 Å². The largest absolute Gasteiger partial charge is 0.462 e. The summed E-state index contributed by atoms with van der Waals surface area (Å²) in [6.45, 7) is 6.65. The summed E-state index contributed by atoms with van der Waals surface area (Å²) < 4.78 is 16.9. The van der Waals surface area contributed by atoms with E-state index in [0.717, 1.165) is 83.5 Å². The Labute approximate surface area is 435 Å². The second kappa shape index (κ2) is 58.9. The first-order valence-corrected chi connectivity index (χ1v) is 30.6. The van der Waals surface area contributed by atoms with Crippen molar-refractivity contribution in [3.8, 4) is 0 Å². The molecule has 6 nitrogen and oxygen atoms in total. The average molecular weight is 982 g/mol. The second-order valence-corrected chi connectivity index (χ2v) is 20.6. The third-order valence-electron chi connectivity index (χ3n) is 13.6. The van der Waals surface area contributed by atoms with E-state index in [4.69, 9.17) is 14.2 Å². The molecule has 0 aromatic rings. The van der Waals surface area contributed by atoms with E-state index >= 15 is 0 Å². The molecule has 0 rings (SSSR count). The van der Waals surface area contributed by atoms with Crippen LogP contribution >= 0.6 is 0 Å². The molecule has 0 saturated carbocycles. The summed E-state index contributed by atoms with van der Waals surface area (Å²) in [5.41, 5.74) is 0. The molecule has 0 heterocycles. The molecule has 0 saturated heterocycles. The molecule has 0 fully saturated rings. The van der Waals surface area contributed by atoms with Gasteiger partial charge in [0.05, 0.1) is 0 Å². The molecule has 1 atom stereocenters. The molecule has 0 aliphatic heterocycles. The minimum atomic E-state index is -0.777. The van der Waals surface area contributed by atoms with E-state index in [1.165, 1.54) is 199 Å². The van der Waals surface area contributed by atoms with Crippen molar-refractivity contribution >= 4 is 17.9 Å². The Kier molecular flexibility index (Phi) is 56.7. The summed E-state index contributed by atoms with van der Waals surface area (Å²) >= 11 is 0. The highest BCUT2D eigenvalue weighted by Crippen LogP contribution is 2.16. The maximum absolute atomic E-state index is 12.9. The lowest BCUT2D eigenvalue weighted by atomic mass is 10.0. The molecule has 0 N–H and O–H groups in total. The summed E-state index contributed by atoms with van der Waals surface area (Å²) in [5.74, 6) is -0.874. The number of unbranched alkanes of at least 4 members (excludes halogenated alkanes) is 37. The van der Waals surface area contributed by atoms with Gasteiger partial charge in [-0.2, -0.15) is 0 Å². The summed E-state index contributed by atoms with van der Waals surface area (Å²) in [6.07, 6.45) is 72.5. The Hall–Kier alpha value is -2.63. The summed E-state index contributed by atoms with van der Waals surface area (Å²) in [7, 11) is 0. The minimum absolute atomic E-state index is 0.0765. The fraction of sp³-hybridized carbons (Fsp3) is 0.828. The fourth-order valence-electron chi connectivity index (χ4n) is 8.92. The van der Waals surface area contributed by atoms with Gasteiger partial charge in [0.1, 0.15) is 13.2 Å². The highest BCUT2D eigenvalue weighted by atomic mass is 16.6. The van der Waals surface area contributed by atoms with E-state index in [9.17, 15) is 14.4 Å². The monoisotopic (exact) mass is 981 g/mol. The van der Waals surface area contributed by atoms with Crippen LogP contribution in [-0.2, 0) is 28.6 Å². The van der Waals surface area contributed by atoms with Crippen LogP contribution in [0.3, 0.4) is 0 Å². The number of ether oxygens (including phenoxy) is 3. The smallest absolute Gasteiger partial charge is 0.306 e. The molecule has 0 bridgehead atoms. The van der Waals surface area contributed by atoms with Gasteiger partial charge in [0.2, 0.25) is 0 Å². The SMILES string of the molecule is CCCCCCC/C=C\C/C=C\C/C=C\CCCCCCCCCCC(=O)OCC(COC(=O)CCCCCCC/C=C\CCCCCCC)OC(=O)CCCCCCCCCCCCCCCCC. The van der Waals surface area contributed by atoms with Gasteiger partial charge in [-0.25, -0.2) is 0 Å². The van der Waals surface area contributed by atoms with Crippen LogP contribution in [0.4, 0.5) is 0 Å². The first-order valence-electron chi connectivity index (χ1n) is 30.6. The van der Waals surface area contributed by atoms with Gasteiger partial charge < -0.3 is 14.2 Å². The van der Waals surface area contributed by atoms with E-state index in [0.29, 0.717) is 19.3 Å². The Morgan fingerprint density at radius 2 is 0.514 bits per heavy atom. The number of esters is 3. The quantitative estimate of drug-likeness (QED) is 0.0261. The Morgan fingerprint density at radius 3 is 0.814 bits per heavy atom. The van der Waals surface area contributed by atoms with Crippen LogP contribution in [0.1, 0.15) is 323 Å². The van der Waals surface area contributed by atoms with Crippen molar-refractivity contribution in [1.29, 1.82) is 0 Å². The van der Waals surface area contributed by atoms with Crippen LogP contribution in [-0.4, -0.2) is 37.2 Å². The van der Waals surface area contributed by atoms with Gasteiger partial charge in [-0.15, -0.1) is 0 Å². The van der Waals surface area contributed by atoms with E-state index < -0.39 is 6.10 Å². The maximum Gasteiger partial charge on any atom is 0.306 e. The number of hydrogen-bond donors (Lipinski definition) is 0. The molecule has 0 aliphatic rings. The van der Waals surface area contributed by atoms with E-state index in [1.54, 1.807) is 0 Å². The normalized spacial score (nSPS) is 12.3. The van der Waals surface area contributed by atoms with Crippen LogP contribution in [0, 0.1) is 0 Å². The van der Waals surface area contributed by atoms with Crippen LogP contribution in [0.2, 0.25) is 0 Å². The average Bonchev–Trinajstić information content (AvgIpc) is 3.36. The molecule has 0 radical (unpaired) electrons. The molecular weight excluding hydrogens is 865 g/mol.